The molecule has 1 N–H and O–H groups in total. The second-order valence-electron chi connectivity index (χ2n) is 7.88. The number of nitrogens with zero attached hydrogens (tertiary/aromatic N) is 2. The molecule has 0 saturated carbocycles. The fourth-order valence-electron chi connectivity index (χ4n) is 4.16. The summed E-state index contributed by atoms with van der Waals surface area (Å²) in [4.78, 5) is 38.6. The van der Waals surface area contributed by atoms with Gasteiger partial charge in [-0.3, -0.25) is 24.6 Å². The third-order valence-electron chi connectivity index (χ3n) is 5.70. The number of nitro groups is 1. The second-order valence-corrected chi connectivity index (χ2v) is 7.88. The highest BCUT2D eigenvalue weighted by molar-refractivity contribution is 6.51. The largest absolute Gasteiger partial charge is 0.507 e. The molecule has 1 heterocycles. The van der Waals surface area contributed by atoms with E-state index in [2.05, 4.69) is 0 Å². The van der Waals surface area contributed by atoms with Crippen molar-refractivity contribution in [3.63, 3.8) is 0 Å². The summed E-state index contributed by atoms with van der Waals surface area (Å²) in [7, 11) is 0. The zero-order valence-corrected chi connectivity index (χ0v) is 19.7. The Morgan fingerprint density at radius 2 is 1.64 bits per heavy atom. The van der Waals surface area contributed by atoms with Crippen LogP contribution in [0.4, 0.5) is 11.4 Å². The maximum Gasteiger partial charge on any atom is 0.300 e. The normalized spacial score (nSPS) is 16.7. The number of ether oxygens (including phenoxy) is 2. The number of ketones is 1. The first-order valence-corrected chi connectivity index (χ1v) is 11.4. The van der Waals surface area contributed by atoms with Crippen LogP contribution in [-0.2, 0) is 9.59 Å². The quantitative estimate of drug-likeness (QED) is 0.155. The Morgan fingerprint density at radius 1 is 0.944 bits per heavy atom. The molecule has 0 bridgehead atoms. The minimum atomic E-state index is -0.974. The summed E-state index contributed by atoms with van der Waals surface area (Å²) in [6.07, 6.45) is 0. The Kier molecular flexibility index (Phi) is 7.00. The zero-order chi connectivity index (χ0) is 25.8. The summed E-state index contributed by atoms with van der Waals surface area (Å²) in [5.41, 5.74) is 0.590. The van der Waals surface area contributed by atoms with Gasteiger partial charge in [0.1, 0.15) is 5.76 Å². The van der Waals surface area contributed by atoms with E-state index in [9.17, 15) is 24.8 Å². The van der Waals surface area contributed by atoms with Crippen LogP contribution in [0.15, 0.2) is 78.4 Å². The van der Waals surface area contributed by atoms with Gasteiger partial charge in [-0.05, 0) is 31.5 Å². The lowest BCUT2D eigenvalue weighted by Crippen LogP contribution is -2.29. The third-order valence-corrected chi connectivity index (χ3v) is 5.70. The van der Waals surface area contributed by atoms with Crippen molar-refractivity contribution in [2.24, 2.45) is 0 Å². The number of carbonyl (C=O) groups excluding carboxylic acids is 2. The zero-order valence-electron chi connectivity index (χ0n) is 19.7. The fourth-order valence-corrected chi connectivity index (χ4v) is 4.16. The van der Waals surface area contributed by atoms with Gasteiger partial charge in [0, 0.05) is 29.4 Å². The summed E-state index contributed by atoms with van der Waals surface area (Å²) >= 11 is 0. The average molecular weight is 488 g/mol. The second kappa shape index (κ2) is 10.3. The molecule has 0 radical (unpaired) electrons. The van der Waals surface area contributed by atoms with Crippen molar-refractivity contribution in [1.29, 1.82) is 0 Å². The molecular weight excluding hydrogens is 464 g/mol. The van der Waals surface area contributed by atoms with Crippen molar-refractivity contribution < 1.29 is 29.1 Å². The van der Waals surface area contributed by atoms with E-state index < -0.39 is 28.4 Å². The number of aliphatic hydroxyl groups is 1. The number of benzene rings is 3. The molecular formula is C27H24N2O7. The molecule has 0 aliphatic carbocycles. The van der Waals surface area contributed by atoms with Gasteiger partial charge in [0.2, 0.25) is 0 Å². The van der Waals surface area contributed by atoms with Gasteiger partial charge >= 0.3 is 0 Å². The van der Waals surface area contributed by atoms with Crippen LogP contribution in [0.1, 0.15) is 31.0 Å². The molecule has 9 heteroatoms. The molecule has 0 aromatic heterocycles. The van der Waals surface area contributed by atoms with Crippen LogP contribution >= 0.6 is 0 Å². The molecule has 1 aliphatic heterocycles. The highest BCUT2D eigenvalue weighted by atomic mass is 16.6. The number of amides is 1. The molecule has 1 fully saturated rings. The van der Waals surface area contributed by atoms with Gasteiger partial charge in [-0.15, -0.1) is 0 Å². The smallest absolute Gasteiger partial charge is 0.300 e. The summed E-state index contributed by atoms with van der Waals surface area (Å²) in [6, 6.07) is 18.0. The van der Waals surface area contributed by atoms with Crippen LogP contribution in [0.2, 0.25) is 0 Å². The Labute approximate surface area is 207 Å². The summed E-state index contributed by atoms with van der Waals surface area (Å²) in [5.74, 6) is -1.34. The highest BCUT2D eigenvalue weighted by Crippen LogP contribution is 2.44. The van der Waals surface area contributed by atoms with E-state index in [1.807, 2.05) is 13.8 Å². The molecule has 1 saturated heterocycles. The van der Waals surface area contributed by atoms with Crippen molar-refractivity contribution >= 4 is 28.8 Å². The molecule has 1 atom stereocenters. The SMILES string of the molecule is CCOc1ccc(N2C(=O)C(=O)/C(=C(/O)c3cccc([N+](=O)[O-])c3)C2c2ccccc2)cc1OCC. The molecule has 3 aromatic rings. The lowest BCUT2D eigenvalue weighted by molar-refractivity contribution is -0.384. The molecule has 1 amide bonds. The minimum absolute atomic E-state index is 0.0600. The van der Waals surface area contributed by atoms with Crippen LogP contribution in [0.5, 0.6) is 11.5 Å². The minimum Gasteiger partial charge on any atom is -0.507 e. The van der Waals surface area contributed by atoms with E-state index in [-0.39, 0.29) is 16.8 Å². The number of hydrogen-bond acceptors (Lipinski definition) is 7. The van der Waals surface area contributed by atoms with E-state index in [1.165, 1.54) is 23.1 Å². The predicted molar refractivity (Wildman–Crippen MR) is 133 cm³/mol. The van der Waals surface area contributed by atoms with E-state index >= 15 is 0 Å². The average Bonchev–Trinajstić information content (AvgIpc) is 3.15. The molecule has 3 aromatic carbocycles. The molecule has 1 aliphatic rings. The Bertz CT molecular complexity index is 1350. The number of nitro benzene ring substituents is 1. The van der Waals surface area contributed by atoms with Gasteiger partial charge in [-0.25, -0.2) is 0 Å². The molecule has 0 spiro atoms. The first-order valence-electron chi connectivity index (χ1n) is 11.4. The number of rotatable bonds is 8. The monoisotopic (exact) mass is 488 g/mol. The maximum atomic E-state index is 13.3. The van der Waals surface area contributed by atoms with Crippen molar-refractivity contribution in [2.75, 3.05) is 18.1 Å². The lowest BCUT2D eigenvalue weighted by atomic mass is 9.95. The maximum absolute atomic E-state index is 13.3. The van der Waals surface area contributed by atoms with Crippen LogP contribution < -0.4 is 14.4 Å². The summed E-state index contributed by atoms with van der Waals surface area (Å²) in [5, 5.41) is 22.4. The molecule has 4 rings (SSSR count). The first-order chi connectivity index (χ1) is 17.4. The summed E-state index contributed by atoms with van der Waals surface area (Å²) < 4.78 is 11.3. The molecule has 9 nitrogen and oxygen atoms in total. The van der Waals surface area contributed by atoms with Crippen molar-refractivity contribution in [3.8, 4) is 11.5 Å². The van der Waals surface area contributed by atoms with Crippen molar-refractivity contribution in [3.05, 3.63) is 99.6 Å². The van der Waals surface area contributed by atoms with E-state index in [1.54, 1.807) is 48.5 Å². The van der Waals surface area contributed by atoms with E-state index in [0.717, 1.165) is 6.07 Å². The number of Topliss-reactive ketones (excluding diaryl/α,β-unsaturated/α-hetero) is 1. The number of non-ortho nitro benzene ring substituents is 1. The topological polar surface area (TPSA) is 119 Å². The van der Waals surface area contributed by atoms with Gasteiger partial charge in [0.05, 0.1) is 29.8 Å². The van der Waals surface area contributed by atoms with Gasteiger partial charge < -0.3 is 14.6 Å². The van der Waals surface area contributed by atoms with Crippen molar-refractivity contribution in [1.82, 2.24) is 0 Å². The van der Waals surface area contributed by atoms with Crippen molar-refractivity contribution in [2.45, 2.75) is 19.9 Å². The van der Waals surface area contributed by atoms with Gasteiger partial charge in [0.15, 0.2) is 11.5 Å². The van der Waals surface area contributed by atoms with Gasteiger partial charge in [-0.2, -0.15) is 0 Å². The van der Waals surface area contributed by atoms with Crippen LogP contribution in [-0.4, -0.2) is 34.9 Å². The standard InChI is InChI=1S/C27H24N2O7/c1-3-35-21-14-13-19(16-22(21)36-4-2)28-24(17-9-6-5-7-10-17)23(26(31)27(28)32)25(30)18-11-8-12-20(15-18)29(33)34/h5-16,24,30H,3-4H2,1-2H3/b25-23+. The van der Waals surface area contributed by atoms with Gasteiger partial charge in [0.25, 0.3) is 17.4 Å². The van der Waals surface area contributed by atoms with Crippen LogP contribution in [0, 0.1) is 10.1 Å². The van der Waals surface area contributed by atoms with E-state index in [4.69, 9.17) is 9.47 Å². The van der Waals surface area contributed by atoms with Gasteiger partial charge in [-0.1, -0.05) is 42.5 Å². The Hall–Kier alpha value is -4.66. The molecule has 184 valence electrons. The third kappa shape index (κ3) is 4.50. The predicted octanol–water partition coefficient (Wildman–Crippen LogP) is 5.02. The van der Waals surface area contributed by atoms with Crippen LogP contribution in [0.3, 0.4) is 0 Å². The number of carbonyl (C=O) groups is 2. The lowest BCUT2D eigenvalue weighted by Gasteiger charge is -2.26. The molecule has 1 unspecified atom stereocenters. The Morgan fingerprint density at radius 3 is 2.31 bits per heavy atom. The number of anilines is 1. The highest BCUT2D eigenvalue weighted by Gasteiger charge is 2.47. The number of aliphatic hydroxyl groups excluding tert-OH is 1. The molecule has 36 heavy (non-hydrogen) atoms. The Balaban J connectivity index is 1.91. The fraction of sp³-hybridized carbons (Fsp3) is 0.185. The summed E-state index contributed by atoms with van der Waals surface area (Å²) in [6.45, 7) is 4.43. The number of hydrogen-bond donors (Lipinski definition) is 1. The van der Waals surface area contributed by atoms with E-state index in [0.29, 0.717) is 36.0 Å². The first kappa shape index (κ1) is 24.5. The van der Waals surface area contributed by atoms with Crippen LogP contribution in [0.25, 0.3) is 5.76 Å².